The molecule has 0 aromatic heterocycles. The largest absolute Gasteiger partial charge is 0.342 e. The summed E-state index contributed by atoms with van der Waals surface area (Å²) in [7, 11) is 1.92. The number of hydrogen-bond acceptors (Lipinski definition) is 2. The molecule has 0 saturated carbocycles. The van der Waals surface area contributed by atoms with Crippen molar-refractivity contribution in [3.05, 3.63) is 0 Å². The van der Waals surface area contributed by atoms with Gasteiger partial charge in [-0.25, -0.2) is 0 Å². The van der Waals surface area contributed by atoms with Gasteiger partial charge in [0.1, 0.15) is 0 Å². The standard InChI is InChI=1S/C11H22N2O/c1-4-6-9(2)13(3)11(14)10-7-5-8-12-10/h9-10,12H,4-8H2,1-3H3/t9?,10-/m0/s1. The van der Waals surface area contributed by atoms with Crippen LogP contribution in [0.4, 0.5) is 0 Å². The highest BCUT2D eigenvalue weighted by molar-refractivity contribution is 5.82. The zero-order chi connectivity index (χ0) is 10.6. The van der Waals surface area contributed by atoms with Crippen molar-refractivity contribution in [1.82, 2.24) is 10.2 Å². The van der Waals surface area contributed by atoms with Crippen LogP contribution in [0.5, 0.6) is 0 Å². The minimum absolute atomic E-state index is 0.0827. The van der Waals surface area contributed by atoms with Crippen LogP contribution in [0.1, 0.15) is 39.5 Å². The normalized spacial score (nSPS) is 23.5. The first kappa shape index (κ1) is 11.5. The number of carbonyl (C=O) groups is 1. The van der Waals surface area contributed by atoms with Gasteiger partial charge in [0.25, 0.3) is 0 Å². The Morgan fingerprint density at radius 1 is 1.64 bits per heavy atom. The topological polar surface area (TPSA) is 32.3 Å². The third-order valence-electron chi connectivity index (χ3n) is 3.07. The number of amides is 1. The Morgan fingerprint density at radius 3 is 2.86 bits per heavy atom. The quantitative estimate of drug-likeness (QED) is 0.740. The van der Waals surface area contributed by atoms with Crippen LogP contribution in [-0.2, 0) is 4.79 Å². The molecule has 1 heterocycles. The highest BCUT2D eigenvalue weighted by atomic mass is 16.2. The molecule has 1 unspecified atom stereocenters. The number of nitrogens with one attached hydrogen (secondary N) is 1. The summed E-state index contributed by atoms with van der Waals surface area (Å²) >= 11 is 0. The van der Waals surface area contributed by atoms with Crippen molar-refractivity contribution in [2.45, 2.75) is 51.6 Å². The average Bonchev–Trinajstić information content (AvgIpc) is 2.68. The molecule has 0 aliphatic carbocycles. The van der Waals surface area contributed by atoms with Crippen molar-refractivity contribution in [1.29, 1.82) is 0 Å². The van der Waals surface area contributed by atoms with Gasteiger partial charge in [-0.1, -0.05) is 13.3 Å². The third kappa shape index (κ3) is 2.71. The van der Waals surface area contributed by atoms with Gasteiger partial charge in [-0.3, -0.25) is 4.79 Å². The van der Waals surface area contributed by atoms with Gasteiger partial charge < -0.3 is 10.2 Å². The van der Waals surface area contributed by atoms with E-state index in [-0.39, 0.29) is 11.9 Å². The highest BCUT2D eigenvalue weighted by Gasteiger charge is 2.26. The van der Waals surface area contributed by atoms with E-state index in [1.807, 2.05) is 11.9 Å². The second-order valence-electron chi connectivity index (χ2n) is 4.24. The Kier molecular flexibility index (Phi) is 4.39. The maximum absolute atomic E-state index is 11.9. The van der Waals surface area contributed by atoms with Crippen molar-refractivity contribution in [2.24, 2.45) is 0 Å². The summed E-state index contributed by atoms with van der Waals surface area (Å²) in [6.07, 6.45) is 4.36. The maximum atomic E-state index is 11.9. The fourth-order valence-corrected chi connectivity index (χ4v) is 1.97. The van der Waals surface area contributed by atoms with E-state index in [0.717, 1.165) is 32.2 Å². The summed E-state index contributed by atoms with van der Waals surface area (Å²) in [6, 6.07) is 0.453. The van der Waals surface area contributed by atoms with Crippen LogP contribution >= 0.6 is 0 Å². The Morgan fingerprint density at radius 2 is 2.36 bits per heavy atom. The summed E-state index contributed by atoms with van der Waals surface area (Å²) in [5, 5.41) is 3.24. The lowest BCUT2D eigenvalue weighted by Gasteiger charge is -2.27. The minimum atomic E-state index is 0.0827. The van der Waals surface area contributed by atoms with Crippen LogP contribution in [0.25, 0.3) is 0 Å². The molecule has 2 atom stereocenters. The molecule has 1 fully saturated rings. The lowest BCUT2D eigenvalue weighted by Crippen LogP contribution is -2.45. The summed E-state index contributed by atoms with van der Waals surface area (Å²) in [5.74, 6) is 0.267. The number of rotatable bonds is 4. The third-order valence-corrected chi connectivity index (χ3v) is 3.07. The first-order valence-electron chi connectivity index (χ1n) is 5.67. The van der Waals surface area contributed by atoms with Crippen LogP contribution in [0.2, 0.25) is 0 Å². The van der Waals surface area contributed by atoms with E-state index >= 15 is 0 Å². The molecule has 0 aromatic rings. The summed E-state index contributed by atoms with van der Waals surface area (Å²) in [5.41, 5.74) is 0. The fourth-order valence-electron chi connectivity index (χ4n) is 1.97. The molecule has 0 aromatic carbocycles. The average molecular weight is 198 g/mol. The van der Waals surface area contributed by atoms with Gasteiger partial charge in [0.15, 0.2) is 0 Å². The predicted molar refractivity (Wildman–Crippen MR) is 58.2 cm³/mol. The lowest BCUT2D eigenvalue weighted by atomic mass is 10.1. The van der Waals surface area contributed by atoms with E-state index in [4.69, 9.17) is 0 Å². The monoisotopic (exact) mass is 198 g/mol. The molecule has 3 nitrogen and oxygen atoms in total. The van der Waals surface area contributed by atoms with Gasteiger partial charge in [0, 0.05) is 13.1 Å². The molecule has 0 bridgehead atoms. The summed E-state index contributed by atoms with van der Waals surface area (Å²) in [4.78, 5) is 13.8. The Bertz CT molecular complexity index is 188. The number of likely N-dealkylation sites (N-methyl/N-ethyl adjacent to an activating group) is 1. The van der Waals surface area contributed by atoms with Gasteiger partial charge in [0.2, 0.25) is 5.91 Å². The zero-order valence-corrected chi connectivity index (χ0v) is 9.55. The van der Waals surface area contributed by atoms with E-state index in [0.29, 0.717) is 6.04 Å². The predicted octanol–water partition coefficient (Wildman–Crippen LogP) is 1.39. The van der Waals surface area contributed by atoms with Gasteiger partial charge in [0.05, 0.1) is 6.04 Å². The van der Waals surface area contributed by atoms with Crippen molar-refractivity contribution in [2.75, 3.05) is 13.6 Å². The van der Waals surface area contributed by atoms with E-state index in [1.165, 1.54) is 0 Å². The molecule has 3 heteroatoms. The molecule has 14 heavy (non-hydrogen) atoms. The van der Waals surface area contributed by atoms with Gasteiger partial charge in [-0.15, -0.1) is 0 Å². The van der Waals surface area contributed by atoms with Crippen LogP contribution in [0, 0.1) is 0 Å². The number of carbonyl (C=O) groups excluding carboxylic acids is 1. The summed E-state index contributed by atoms with van der Waals surface area (Å²) in [6.45, 7) is 5.27. The van der Waals surface area contributed by atoms with Crippen LogP contribution in [0.3, 0.4) is 0 Å². The molecule has 1 saturated heterocycles. The Labute approximate surface area is 86.9 Å². The molecule has 0 spiro atoms. The Hall–Kier alpha value is -0.570. The first-order chi connectivity index (χ1) is 6.66. The molecule has 1 aliphatic rings. The Balaban J connectivity index is 2.42. The molecule has 1 aliphatic heterocycles. The maximum Gasteiger partial charge on any atom is 0.239 e. The molecule has 1 N–H and O–H groups in total. The zero-order valence-electron chi connectivity index (χ0n) is 9.55. The van der Waals surface area contributed by atoms with Crippen molar-refractivity contribution in [3.8, 4) is 0 Å². The molecule has 1 amide bonds. The second-order valence-corrected chi connectivity index (χ2v) is 4.24. The second kappa shape index (κ2) is 5.35. The molecule has 1 rings (SSSR count). The van der Waals surface area contributed by atoms with Gasteiger partial charge in [-0.05, 0) is 32.7 Å². The van der Waals surface area contributed by atoms with Crippen LogP contribution < -0.4 is 5.32 Å². The smallest absolute Gasteiger partial charge is 0.239 e. The van der Waals surface area contributed by atoms with Crippen molar-refractivity contribution < 1.29 is 4.79 Å². The van der Waals surface area contributed by atoms with Crippen molar-refractivity contribution >= 4 is 5.91 Å². The fraction of sp³-hybridized carbons (Fsp3) is 0.909. The van der Waals surface area contributed by atoms with Crippen LogP contribution in [-0.4, -0.2) is 36.5 Å². The van der Waals surface area contributed by atoms with E-state index in [9.17, 15) is 4.79 Å². The SMILES string of the molecule is CCCC(C)N(C)C(=O)[C@@H]1CCCN1. The minimum Gasteiger partial charge on any atom is -0.342 e. The first-order valence-corrected chi connectivity index (χ1v) is 5.67. The van der Waals surface area contributed by atoms with Crippen molar-refractivity contribution in [3.63, 3.8) is 0 Å². The van der Waals surface area contributed by atoms with Gasteiger partial charge in [-0.2, -0.15) is 0 Å². The highest BCUT2D eigenvalue weighted by Crippen LogP contribution is 2.11. The molecular weight excluding hydrogens is 176 g/mol. The van der Waals surface area contributed by atoms with E-state index in [1.54, 1.807) is 0 Å². The van der Waals surface area contributed by atoms with Gasteiger partial charge >= 0.3 is 0 Å². The number of hydrogen-bond donors (Lipinski definition) is 1. The van der Waals surface area contributed by atoms with E-state index < -0.39 is 0 Å². The molecular formula is C11H22N2O. The molecule has 82 valence electrons. The number of nitrogens with zero attached hydrogens (tertiary/aromatic N) is 1. The van der Waals surface area contributed by atoms with E-state index in [2.05, 4.69) is 19.2 Å². The summed E-state index contributed by atoms with van der Waals surface area (Å²) < 4.78 is 0. The molecule has 0 radical (unpaired) electrons. The van der Waals surface area contributed by atoms with Crippen LogP contribution in [0.15, 0.2) is 0 Å². The lowest BCUT2D eigenvalue weighted by molar-refractivity contribution is -0.133.